The molecule has 1 saturated heterocycles. The maximum atomic E-state index is 12.3. The van der Waals surface area contributed by atoms with Gasteiger partial charge in [-0.05, 0) is 43.5 Å². The van der Waals surface area contributed by atoms with E-state index in [0.717, 1.165) is 37.8 Å². The van der Waals surface area contributed by atoms with Crippen molar-refractivity contribution in [2.24, 2.45) is 0 Å². The van der Waals surface area contributed by atoms with Gasteiger partial charge in [0.25, 0.3) is 0 Å². The van der Waals surface area contributed by atoms with Crippen molar-refractivity contribution in [2.75, 3.05) is 6.54 Å². The molecule has 1 aliphatic heterocycles. The third-order valence-corrected chi connectivity index (χ3v) is 4.40. The summed E-state index contributed by atoms with van der Waals surface area (Å²) < 4.78 is 5.43. The van der Waals surface area contributed by atoms with Crippen molar-refractivity contribution in [1.82, 2.24) is 15.0 Å². The summed E-state index contributed by atoms with van der Waals surface area (Å²) in [7, 11) is 0. The van der Waals surface area contributed by atoms with Crippen LogP contribution in [0.25, 0.3) is 11.4 Å². The average Bonchev–Trinajstić information content (AvgIpc) is 3.21. The molecule has 0 aliphatic carbocycles. The van der Waals surface area contributed by atoms with E-state index in [1.807, 2.05) is 17.0 Å². The number of benzene rings is 1. The second-order valence-electron chi connectivity index (χ2n) is 5.81. The molecule has 1 aromatic heterocycles. The van der Waals surface area contributed by atoms with E-state index >= 15 is 0 Å². The van der Waals surface area contributed by atoms with Gasteiger partial charge in [0.05, 0.1) is 0 Å². The van der Waals surface area contributed by atoms with Gasteiger partial charge in [-0.25, -0.2) is 0 Å². The predicted octanol–water partition coefficient (Wildman–Crippen LogP) is 4.24. The van der Waals surface area contributed by atoms with E-state index in [4.69, 9.17) is 16.1 Å². The zero-order valence-corrected chi connectivity index (χ0v) is 13.9. The van der Waals surface area contributed by atoms with Crippen molar-refractivity contribution in [2.45, 2.75) is 45.1 Å². The van der Waals surface area contributed by atoms with Crippen LogP contribution in [-0.2, 0) is 4.79 Å². The summed E-state index contributed by atoms with van der Waals surface area (Å²) >= 11 is 5.90. The van der Waals surface area contributed by atoms with Gasteiger partial charge in [0.2, 0.25) is 17.6 Å². The Hall–Kier alpha value is -1.88. The van der Waals surface area contributed by atoms with E-state index in [9.17, 15) is 4.79 Å². The highest BCUT2D eigenvalue weighted by Gasteiger charge is 2.33. The number of hydrogen-bond acceptors (Lipinski definition) is 4. The highest BCUT2D eigenvalue weighted by atomic mass is 35.5. The van der Waals surface area contributed by atoms with Crippen LogP contribution in [0.5, 0.6) is 0 Å². The number of rotatable bonds is 5. The highest BCUT2D eigenvalue weighted by Crippen LogP contribution is 2.32. The lowest BCUT2D eigenvalue weighted by atomic mass is 10.2. The van der Waals surface area contributed by atoms with Crippen LogP contribution in [0.1, 0.15) is 51.0 Å². The molecule has 1 aromatic carbocycles. The lowest BCUT2D eigenvalue weighted by Crippen LogP contribution is -2.30. The fourth-order valence-corrected chi connectivity index (χ4v) is 3.01. The Morgan fingerprint density at radius 1 is 1.39 bits per heavy atom. The van der Waals surface area contributed by atoms with Crippen LogP contribution in [0, 0.1) is 0 Å². The number of amides is 1. The second kappa shape index (κ2) is 7.13. The number of hydrogen-bond donors (Lipinski definition) is 0. The van der Waals surface area contributed by atoms with Gasteiger partial charge in [-0.2, -0.15) is 4.98 Å². The van der Waals surface area contributed by atoms with E-state index in [2.05, 4.69) is 17.1 Å². The first-order valence-electron chi connectivity index (χ1n) is 8.08. The largest absolute Gasteiger partial charge is 0.337 e. The highest BCUT2D eigenvalue weighted by molar-refractivity contribution is 6.30. The first-order valence-corrected chi connectivity index (χ1v) is 8.46. The lowest BCUT2D eigenvalue weighted by molar-refractivity contribution is -0.132. The minimum Gasteiger partial charge on any atom is -0.337 e. The van der Waals surface area contributed by atoms with E-state index < -0.39 is 0 Å². The van der Waals surface area contributed by atoms with Crippen LogP contribution in [0.4, 0.5) is 0 Å². The van der Waals surface area contributed by atoms with E-state index in [1.165, 1.54) is 0 Å². The fourth-order valence-electron chi connectivity index (χ4n) is 2.88. The first kappa shape index (κ1) is 16.0. The molecule has 1 aliphatic rings. The topological polar surface area (TPSA) is 59.2 Å². The zero-order valence-electron chi connectivity index (χ0n) is 13.2. The number of halogens is 1. The smallest absolute Gasteiger partial charge is 0.249 e. The summed E-state index contributed by atoms with van der Waals surface area (Å²) in [6, 6.07) is 7.21. The van der Waals surface area contributed by atoms with Crippen molar-refractivity contribution >= 4 is 17.5 Å². The molecule has 1 unspecified atom stereocenters. The van der Waals surface area contributed by atoms with Crippen molar-refractivity contribution < 1.29 is 9.32 Å². The lowest BCUT2D eigenvalue weighted by Gasteiger charge is -2.21. The normalized spacial score (nSPS) is 17.7. The minimum absolute atomic E-state index is 0.0899. The summed E-state index contributed by atoms with van der Waals surface area (Å²) in [5.41, 5.74) is 0.853. The molecular weight excluding hydrogens is 314 g/mol. The summed E-state index contributed by atoms with van der Waals surface area (Å²) in [6.45, 7) is 2.86. The Morgan fingerprint density at radius 2 is 2.17 bits per heavy atom. The molecule has 0 radical (unpaired) electrons. The average molecular weight is 334 g/mol. The number of likely N-dealkylation sites (tertiary alicyclic amines) is 1. The Labute approximate surface area is 140 Å². The molecule has 2 aromatic rings. The molecule has 3 rings (SSSR count). The molecule has 0 saturated carbocycles. The molecule has 0 N–H and O–H groups in total. The molecule has 1 amide bonds. The monoisotopic (exact) mass is 333 g/mol. The Kier molecular flexibility index (Phi) is 4.96. The fraction of sp³-hybridized carbons (Fsp3) is 0.471. The van der Waals surface area contributed by atoms with Crippen molar-refractivity contribution in [3.05, 3.63) is 35.2 Å². The minimum atomic E-state index is -0.0899. The summed E-state index contributed by atoms with van der Waals surface area (Å²) in [5, 5.41) is 4.72. The number of nitrogens with zero attached hydrogens (tertiary/aromatic N) is 3. The summed E-state index contributed by atoms with van der Waals surface area (Å²) in [6.07, 6.45) is 4.37. The maximum absolute atomic E-state index is 12.3. The van der Waals surface area contributed by atoms with Gasteiger partial charge in [-0.1, -0.05) is 30.1 Å². The standard InChI is InChI=1S/C17H20ClN3O2/c1-2-3-6-15(22)21-11-4-5-14(21)17-19-16(20-23-17)12-7-9-13(18)10-8-12/h7-10,14H,2-6,11H2,1H3. The number of unbranched alkanes of at least 4 members (excludes halogenated alkanes) is 1. The molecule has 1 fully saturated rings. The molecule has 2 heterocycles. The van der Waals surface area contributed by atoms with Crippen LogP contribution < -0.4 is 0 Å². The van der Waals surface area contributed by atoms with Gasteiger partial charge in [0.15, 0.2) is 0 Å². The third kappa shape index (κ3) is 3.55. The van der Waals surface area contributed by atoms with Crippen LogP contribution >= 0.6 is 11.6 Å². The van der Waals surface area contributed by atoms with Crippen molar-refractivity contribution in [3.8, 4) is 11.4 Å². The molecule has 122 valence electrons. The van der Waals surface area contributed by atoms with Crippen LogP contribution in [0.15, 0.2) is 28.8 Å². The van der Waals surface area contributed by atoms with E-state index in [1.54, 1.807) is 12.1 Å². The quantitative estimate of drug-likeness (QED) is 0.821. The molecule has 0 bridgehead atoms. The first-order chi connectivity index (χ1) is 11.2. The van der Waals surface area contributed by atoms with Gasteiger partial charge in [0.1, 0.15) is 6.04 Å². The molecule has 6 heteroatoms. The van der Waals surface area contributed by atoms with E-state index in [-0.39, 0.29) is 11.9 Å². The molecule has 1 atom stereocenters. The van der Waals surface area contributed by atoms with Crippen LogP contribution in [0.3, 0.4) is 0 Å². The third-order valence-electron chi connectivity index (χ3n) is 4.15. The molecule has 5 nitrogen and oxygen atoms in total. The van der Waals surface area contributed by atoms with Gasteiger partial charge < -0.3 is 9.42 Å². The Bertz CT molecular complexity index is 669. The number of aromatic nitrogens is 2. The second-order valence-corrected chi connectivity index (χ2v) is 6.25. The predicted molar refractivity (Wildman–Crippen MR) is 88.0 cm³/mol. The molecular formula is C17H20ClN3O2. The molecule has 0 spiro atoms. The SMILES string of the molecule is CCCCC(=O)N1CCCC1c1nc(-c2ccc(Cl)cc2)no1. The molecule has 23 heavy (non-hydrogen) atoms. The zero-order chi connectivity index (χ0) is 16.2. The van der Waals surface area contributed by atoms with Crippen LogP contribution in [0.2, 0.25) is 5.02 Å². The van der Waals surface area contributed by atoms with Crippen molar-refractivity contribution in [1.29, 1.82) is 0 Å². The van der Waals surface area contributed by atoms with Gasteiger partial charge in [-0.15, -0.1) is 0 Å². The summed E-state index contributed by atoms with van der Waals surface area (Å²) in [5.74, 6) is 1.24. The van der Waals surface area contributed by atoms with Gasteiger partial charge in [-0.3, -0.25) is 4.79 Å². The Balaban J connectivity index is 1.76. The number of carbonyl (C=O) groups is 1. The van der Waals surface area contributed by atoms with Crippen molar-refractivity contribution in [3.63, 3.8) is 0 Å². The number of carbonyl (C=O) groups excluding carboxylic acids is 1. The maximum Gasteiger partial charge on any atom is 0.249 e. The van der Waals surface area contributed by atoms with Gasteiger partial charge >= 0.3 is 0 Å². The van der Waals surface area contributed by atoms with Gasteiger partial charge in [0, 0.05) is 23.6 Å². The Morgan fingerprint density at radius 3 is 2.91 bits per heavy atom. The van der Waals surface area contributed by atoms with Crippen LogP contribution in [-0.4, -0.2) is 27.5 Å². The van der Waals surface area contributed by atoms with E-state index in [0.29, 0.717) is 23.2 Å². The summed E-state index contributed by atoms with van der Waals surface area (Å²) in [4.78, 5) is 18.7.